The second-order valence-electron chi connectivity index (χ2n) is 5.88. The summed E-state index contributed by atoms with van der Waals surface area (Å²) in [5, 5.41) is 8.46. The van der Waals surface area contributed by atoms with E-state index in [2.05, 4.69) is 10.4 Å². The van der Waals surface area contributed by atoms with Crippen molar-refractivity contribution in [2.75, 3.05) is 5.32 Å². The van der Waals surface area contributed by atoms with E-state index in [4.69, 9.17) is 11.6 Å². The maximum atomic E-state index is 12.6. The Morgan fingerprint density at radius 3 is 2.46 bits per heavy atom. The molecule has 28 heavy (non-hydrogen) atoms. The van der Waals surface area contributed by atoms with E-state index in [1.54, 1.807) is 11.4 Å². The zero-order valence-electron chi connectivity index (χ0n) is 14.3. The van der Waals surface area contributed by atoms with Crippen LogP contribution >= 0.6 is 22.9 Å². The first-order chi connectivity index (χ1) is 13.1. The highest BCUT2D eigenvalue weighted by Gasteiger charge is 2.30. The molecule has 146 valence electrons. The third-order valence-corrected chi connectivity index (χ3v) is 5.01. The fraction of sp³-hybridized carbons (Fsp3) is 0.167. The number of carbonyl (C=O) groups is 1. The van der Waals surface area contributed by atoms with Gasteiger partial charge in [0.15, 0.2) is 0 Å². The molecule has 0 spiro atoms. The van der Waals surface area contributed by atoms with Gasteiger partial charge >= 0.3 is 6.18 Å². The number of hydrogen-bond donors (Lipinski definition) is 1. The van der Waals surface area contributed by atoms with E-state index in [-0.39, 0.29) is 5.69 Å². The van der Waals surface area contributed by atoms with Crippen molar-refractivity contribution in [1.82, 2.24) is 9.78 Å². The minimum Gasteiger partial charge on any atom is -0.324 e. The Balaban J connectivity index is 1.80. The summed E-state index contributed by atoms with van der Waals surface area (Å²) in [5.74, 6) is -0.588. The molecule has 1 aromatic carbocycles. The zero-order valence-corrected chi connectivity index (χ0v) is 15.9. The van der Waals surface area contributed by atoms with E-state index in [0.717, 1.165) is 28.9 Å². The lowest BCUT2D eigenvalue weighted by Gasteiger charge is -2.15. The normalized spacial score (nSPS) is 12.6. The van der Waals surface area contributed by atoms with Crippen molar-refractivity contribution < 1.29 is 18.0 Å². The van der Waals surface area contributed by atoms with Gasteiger partial charge in [-0.05, 0) is 43.3 Å². The summed E-state index contributed by atoms with van der Waals surface area (Å²) in [6.45, 7) is 1.47. The monoisotopic (exact) mass is 427 g/mol. The van der Waals surface area contributed by atoms with Gasteiger partial charge in [-0.25, -0.2) is 4.68 Å². The molecule has 1 unspecified atom stereocenters. The van der Waals surface area contributed by atoms with Gasteiger partial charge < -0.3 is 5.32 Å². The Morgan fingerprint density at radius 2 is 1.89 bits per heavy atom. The molecule has 0 fully saturated rings. The first-order valence-electron chi connectivity index (χ1n) is 7.97. The van der Waals surface area contributed by atoms with Gasteiger partial charge in [0.1, 0.15) is 6.04 Å². The minimum atomic E-state index is -4.46. The van der Waals surface area contributed by atoms with Crippen LogP contribution in [0.4, 0.5) is 18.9 Å². The Labute approximate surface area is 166 Å². The number of hydrogen-bond acceptors (Lipinski definition) is 4. The molecule has 5 nitrogen and oxygen atoms in total. The summed E-state index contributed by atoms with van der Waals surface area (Å²) in [7, 11) is 0. The number of halogens is 4. The van der Waals surface area contributed by atoms with Crippen LogP contribution in [0.5, 0.6) is 0 Å². The van der Waals surface area contributed by atoms with Gasteiger partial charge in [0.05, 0.1) is 15.6 Å². The molecular weight excluding hydrogens is 415 g/mol. The predicted molar refractivity (Wildman–Crippen MR) is 102 cm³/mol. The third kappa shape index (κ3) is 4.42. The molecule has 1 atom stereocenters. The molecule has 0 aliphatic heterocycles. The van der Waals surface area contributed by atoms with Crippen LogP contribution in [0.25, 0.3) is 11.3 Å². The number of thiophene rings is 1. The number of anilines is 1. The lowest BCUT2D eigenvalue weighted by atomic mass is 10.2. The maximum Gasteiger partial charge on any atom is 0.416 e. The lowest BCUT2D eigenvalue weighted by molar-refractivity contribution is -0.137. The number of nitrogens with one attached hydrogen (secondary N) is 1. The number of benzene rings is 1. The number of carbonyl (C=O) groups excluding carboxylic acids is 1. The Bertz CT molecular complexity index is 1060. The Morgan fingerprint density at radius 1 is 1.21 bits per heavy atom. The molecule has 2 heterocycles. The highest BCUT2D eigenvalue weighted by atomic mass is 35.5. The van der Waals surface area contributed by atoms with E-state index >= 15 is 0 Å². The van der Waals surface area contributed by atoms with Crippen molar-refractivity contribution in [3.05, 3.63) is 68.1 Å². The summed E-state index contributed by atoms with van der Waals surface area (Å²) >= 11 is 7.22. The molecule has 0 saturated heterocycles. The van der Waals surface area contributed by atoms with Gasteiger partial charge in [0.25, 0.3) is 5.56 Å². The maximum absolute atomic E-state index is 12.6. The highest BCUT2D eigenvalue weighted by Crippen LogP contribution is 2.30. The van der Waals surface area contributed by atoms with Crippen molar-refractivity contribution in [2.24, 2.45) is 0 Å². The number of alkyl halides is 3. The first-order valence-corrected chi connectivity index (χ1v) is 9.23. The SMILES string of the molecule is CC(C(=O)Nc1ccc(C(F)(F)F)cc1)n1nc(-c2csc(Cl)c2)ccc1=O. The van der Waals surface area contributed by atoms with Crippen molar-refractivity contribution in [2.45, 2.75) is 19.1 Å². The van der Waals surface area contributed by atoms with E-state index in [9.17, 15) is 22.8 Å². The quantitative estimate of drug-likeness (QED) is 0.647. The van der Waals surface area contributed by atoms with Crippen LogP contribution in [-0.2, 0) is 11.0 Å². The third-order valence-electron chi connectivity index (χ3n) is 3.91. The standard InChI is InChI=1S/C18H13ClF3N3O2S/c1-10(17(27)23-13-4-2-12(3-5-13)18(20,21)22)25-16(26)7-6-14(24-25)11-8-15(19)28-9-11/h2-10H,1H3,(H,23,27). The lowest BCUT2D eigenvalue weighted by Crippen LogP contribution is -2.33. The second-order valence-corrected chi connectivity index (χ2v) is 7.42. The Kier molecular flexibility index (Phi) is 5.57. The number of rotatable bonds is 4. The summed E-state index contributed by atoms with van der Waals surface area (Å²) in [4.78, 5) is 24.6. The van der Waals surface area contributed by atoms with Crippen LogP contribution in [0.2, 0.25) is 4.34 Å². The van der Waals surface area contributed by atoms with Crippen molar-refractivity contribution in [3.8, 4) is 11.3 Å². The fourth-order valence-electron chi connectivity index (χ4n) is 2.40. The van der Waals surface area contributed by atoms with E-state index in [0.29, 0.717) is 15.6 Å². The van der Waals surface area contributed by atoms with Gasteiger partial charge in [-0.3, -0.25) is 9.59 Å². The molecule has 0 radical (unpaired) electrons. The van der Waals surface area contributed by atoms with E-state index in [1.165, 1.54) is 30.4 Å². The number of nitrogens with zero attached hydrogens (tertiary/aromatic N) is 2. The zero-order chi connectivity index (χ0) is 20.5. The molecule has 1 N–H and O–H groups in total. The number of aromatic nitrogens is 2. The average molecular weight is 428 g/mol. The van der Waals surface area contributed by atoms with Gasteiger partial charge in [0, 0.05) is 22.7 Å². The van der Waals surface area contributed by atoms with Gasteiger partial charge in [-0.1, -0.05) is 11.6 Å². The molecule has 2 aromatic heterocycles. The van der Waals surface area contributed by atoms with Crippen molar-refractivity contribution in [1.29, 1.82) is 0 Å². The fourth-order valence-corrected chi connectivity index (χ4v) is 3.28. The first kappa shape index (κ1) is 20.1. The topological polar surface area (TPSA) is 64.0 Å². The molecule has 0 saturated carbocycles. The molecule has 0 aliphatic carbocycles. The van der Waals surface area contributed by atoms with Crippen LogP contribution in [0, 0.1) is 0 Å². The van der Waals surface area contributed by atoms with E-state index < -0.39 is 29.2 Å². The van der Waals surface area contributed by atoms with Crippen molar-refractivity contribution in [3.63, 3.8) is 0 Å². The van der Waals surface area contributed by atoms with Crippen LogP contribution in [-0.4, -0.2) is 15.7 Å². The van der Waals surface area contributed by atoms with Gasteiger partial charge in [-0.2, -0.15) is 18.3 Å². The largest absolute Gasteiger partial charge is 0.416 e. The highest BCUT2D eigenvalue weighted by molar-refractivity contribution is 7.14. The second kappa shape index (κ2) is 7.76. The molecule has 0 bridgehead atoms. The van der Waals surface area contributed by atoms with Crippen LogP contribution in [0.3, 0.4) is 0 Å². The average Bonchev–Trinajstić information content (AvgIpc) is 3.07. The van der Waals surface area contributed by atoms with Crippen LogP contribution < -0.4 is 10.9 Å². The molecule has 3 aromatic rings. The van der Waals surface area contributed by atoms with Crippen LogP contribution in [0.15, 0.2) is 52.6 Å². The van der Waals surface area contributed by atoms with Gasteiger partial charge in [-0.15, -0.1) is 11.3 Å². The minimum absolute atomic E-state index is 0.179. The molecular formula is C18H13ClF3N3O2S. The predicted octanol–water partition coefficient (Wildman–Crippen LogP) is 4.84. The van der Waals surface area contributed by atoms with Crippen LogP contribution in [0.1, 0.15) is 18.5 Å². The van der Waals surface area contributed by atoms with Crippen molar-refractivity contribution >= 4 is 34.5 Å². The summed E-state index contributed by atoms with van der Waals surface area (Å²) in [5.41, 5.74) is 0.0494. The van der Waals surface area contributed by atoms with E-state index in [1.807, 2.05) is 0 Å². The summed E-state index contributed by atoms with van der Waals surface area (Å²) in [6.07, 6.45) is -4.46. The molecule has 3 rings (SSSR count). The molecule has 10 heteroatoms. The summed E-state index contributed by atoms with van der Waals surface area (Å²) < 4.78 is 39.4. The molecule has 1 amide bonds. The summed E-state index contributed by atoms with van der Waals surface area (Å²) in [6, 6.07) is 7.55. The smallest absolute Gasteiger partial charge is 0.324 e. The number of amides is 1. The van der Waals surface area contributed by atoms with Gasteiger partial charge in [0.2, 0.25) is 5.91 Å². The molecule has 0 aliphatic rings. The Hall–Kier alpha value is -2.65.